The summed E-state index contributed by atoms with van der Waals surface area (Å²) < 4.78 is 2.19. The van der Waals surface area contributed by atoms with E-state index in [-0.39, 0.29) is 0 Å². The van der Waals surface area contributed by atoms with Crippen LogP contribution in [-0.2, 0) is 13.6 Å². The molecule has 1 fully saturated rings. The molecule has 3 rings (SSSR count). The van der Waals surface area contributed by atoms with Crippen molar-refractivity contribution in [1.29, 1.82) is 0 Å². The number of rotatable bonds is 3. The minimum atomic E-state index is 0.601. The summed E-state index contributed by atoms with van der Waals surface area (Å²) in [7, 11) is 2.11. The van der Waals surface area contributed by atoms with Crippen molar-refractivity contribution in [2.24, 2.45) is 7.05 Å². The summed E-state index contributed by atoms with van der Waals surface area (Å²) in [6, 6.07) is 4.36. The van der Waals surface area contributed by atoms with Crippen LogP contribution < -0.4 is 0 Å². The van der Waals surface area contributed by atoms with Crippen LogP contribution in [0.3, 0.4) is 0 Å². The van der Waals surface area contributed by atoms with Gasteiger partial charge < -0.3 is 4.57 Å². The molecule has 3 heterocycles. The van der Waals surface area contributed by atoms with E-state index in [1.54, 1.807) is 0 Å². The Kier molecular flexibility index (Phi) is 3.22. The molecule has 0 N–H and O–H groups in total. The number of aryl methyl sites for hydroxylation is 2. The van der Waals surface area contributed by atoms with Gasteiger partial charge in [-0.05, 0) is 31.3 Å². The van der Waals surface area contributed by atoms with E-state index in [0.717, 1.165) is 18.8 Å². The van der Waals surface area contributed by atoms with Crippen LogP contribution in [0.4, 0.5) is 0 Å². The van der Waals surface area contributed by atoms with Gasteiger partial charge >= 0.3 is 0 Å². The van der Waals surface area contributed by atoms with Crippen LogP contribution in [0.5, 0.6) is 0 Å². The molecular weight excluding hydrogens is 242 g/mol. The van der Waals surface area contributed by atoms with Gasteiger partial charge in [0.2, 0.25) is 0 Å². The molecule has 0 unspecified atom stereocenters. The monoisotopic (exact) mass is 261 g/mol. The lowest BCUT2D eigenvalue weighted by molar-refractivity contribution is 0.328. The summed E-state index contributed by atoms with van der Waals surface area (Å²) in [5, 5.41) is 2.16. The van der Waals surface area contributed by atoms with Gasteiger partial charge in [-0.25, -0.2) is 4.98 Å². The van der Waals surface area contributed by atoms with Crippen molar-refractivity contribution >= 4 is 11.3 Å². The number of imidazole rings is 1. The van der Waals surface area contributed by atoms with Crippen molar-refractivity contribution in [2.75, 3.05) is 13.1 Å². The lowest BCUT2D eigenvalue weighted by atomic mass is 10.1. The second-order valence-electron chi connectivity index (χ2n) is 5.15. The number of aromatic nitrogens is 2. The highest BCUT2D eigenvalue weighted by atomic mass is 32.1. The normalized spacial score (nSPS) is 20.7. The number of hydrogen-bond donors (Lipinski definition) is 0. The van der Waals surface area contributed by atoms with Crippen molar-refractivity contribution < 1.29 is 0 Å². The van der Waals surface area contributed by atoms with Gasteiger partial charge in [0.15, 0.2) is 0 Å². The minimum absolute atomic E-state index is 0.601. The van der Waals surface area contributed by atoms with Crippen molar-refractivity contribution in [3.05, 3.63) is 40.1 Å². The maximum Gasteiger partial charge on any atom is 0.113 e. The Morgan fingerprint density at radius 2 is 2.39 bits per heavy atom. The molecule has 0 amide bonds. The molecule has 0 radical (unpaired) electrons. The van der Waals surface area contributed by atoms with Gasteiger partial charge in [-0.15, -0.1) is 11.3 Å². The van der Waals surface area contributed by atoms with Crippen molar-refractivity contribution in [3.63, 3.8) is 0 Å². The molecule has 0 spiro atoms. The van der Waals surface area contributed by atoms with Gasteiger partial charge in [-0.2, -0.15) is 0 Å². The van der Waals surface area contributed by atoms with E-state index in [2.05, 4.69) is 52.1 Å². The van der Waals surface area contributed by atoms with Gasteiger partial charge in [-0.3, -0.25) is 4.90 Å². The Morgan fingerprint density at radius 1 is 1.50 bits per heavy atom. The summed E-state index contributed by atoms with van der Waals surface area (Å²) in [6.45, 7) is 5.50. The Balaban J connectivity index is 1.66. The smallest absolute Gasteiger partial charge is 0.113 e. The van der Waals surface area contributed by atoms with Crippen LogP contribution >= 0.6 is 11.3 Å². The second kappa shape index (κ2) is 4.86. The molecule has 2 aromatic rings. The molecule has 4 heteroatoms. The predicted molar refractivity (Wildman–Crippen MR) is 74.9 cm³/mol. The van der Waals surface area contributed by atoms with E-state index in [1.807, 2.05) is 11.3 Å². The lowest BCUT2D eigenvalue weighted by Crippen LogP contribution is -2.19. The zero-order valence-corrected chi connectivity index (χ0v) is 11.8. The summed E-state index contributed by atoms with van der Waals surface area (Å²) in [5.41, 5.74) is 1.13. The number of likely N-dealkylation sites (tertiary alicyclic amines) is 1. The first-order valence-electron chi connectivity index (χ1n) is 6.47. The van der Waals surface area contributed by atoms with Crippen LogP contribution in [0.2, 0.25) is 0 Å². The van der Waals surface area contributed by atoms with E-state index in [0.29, 0.717) is 5.92 Å². The quantitative estimate of drug-likeness (QED) is 0.847. The Bertz CT molecular complexity index is 515. The third kappa shape index (κ3) is 2.35. The van der Waals surface area contributed by atoms with Gasteiger partial charge in [-0.1, -0.05) is 6.07 Å². The molecule has 0 bridgehead atoms. The summed E-state index contributed by atoms with van der Waals surface area (Å²) >= 11 is 1.85. The van der Waals surface area contributed by atoms with Crippen LogP contribution in [0.25, 0.3) is 0 Å². The number of nitrogens with zero attached hydrogens (tertiary/aromatic N) is 3. The fraction of sp³-hybridized carbons (Fsp3) is 0.500. The molecule has 0 saturated carbocycles. The topological polar surface area (TPSA) is 21.1 Å². The fourth-order valence-electron chi connectivity index (χ4n) is 2.82. The third-order valence-electron chi connectivity index (χ3n) is 3.63. The van der Waals surface area contributed by atoms with E-state index < -0.39 is 0 Å². The average Bonchev–Trinajstić information content (AvgIpc) is 3.01. The molecular formula is C14H19N3S. The van der Waals surface area contributed by atoms with Crippen molar-refractivity contribution in [1.82, 2.24) is 14.5 Å². The molecule has 0 aromatic carbocycles. The van der Waals surface area contributed by atoms with Gasteiger partial charge in [0.05, 0.1) is 5.69 Å². The molecule has 3 nitrogen and oxygen atoms in total. The molecule has 1 atom stereocenters. The van der Waals surface area contributed by atoms with Crippen molar-refractivity contribution in [2.45, 2.75) is 25.8 Å². The molecule has 2 aromatic heterocycles. The molecule has 1 aliphatic rings. The average molecular weight is 261 g/mol. The molecule has 96 valence electrons. The standard InChI is InChI=1S/C14H19N3S/c1-11-8-16(2)14(15-11)12-5-6-17(9-12)10-13-4-3-7-18-13/h3-4,7-8,12H,5-6,9-10H2,1-2H3/t12-/m1/s1. The zero-order chi connectivity index (χ0) is 12.5. The largest absolute Gasteiger partial charge is 0.337 e. The third-order valence-corrected chi connectivity index (χ3v) is 4.49. The Hall–Kier alpha value is -1.13. The van der Waals surface area contributed by atoms with Crippen LogP contribution in [0.1, 0.15) is 28.7 Å². The predicted octanol–water partition coefficient (Wildman–Crippen LogP) is 2.78. The van der Waals surface area contributed by atoms with Gasteiger partial charge in [0.1, 0.15) is 5.82 Å². The van der Waals surface area contributed by atoms with E-state index in [9.17, 15) is 0 Å². The van der Waals surface area contributed by atoms with Gasteiger partial charge in [0, 0.05) is 37.1 Å². The molecule has 18 heavy (non-hydrogen) atoms. The number of hydrogen-bond acceptors (Lipinski definition) is 3. The SMILES string of the molecule is Cc1cn(C)c([C@@H]2CCN(Cc3cccs3)C2)n1. The highest BCUT2D eigenvalue weighted by Gasteiger charge is 2.26. The van der Waals surface area contributed by atoms with E-state index in [4.69, 9.17) is 0 Å². The zero-order valence-electron chi connectivity index (χ0n) is 11.0. The highest BCUT2D eigenvalue weighted by molar-refractivity contribution is 7.09. The van der Waals surface area contributed by atoms with Crippen LogP contribution in [-0.4, -0.2) is 27.5 Å². The molecule has 1 saturated heterocycles. The highest BCUT2D eigenvalue weighted by Crippen LogP contribution is 2.27. The summed E-state index contributed by atoms with van der Waals surface area (Å²) in [5.74, 6) is 1.85. The minimum Gasteiger partial charge on any atom is -0.337 e. The van der Waals surface area contributed by atoms with Crippen molar-refractivity contribution in [3.8, 4) is 0 Å². The molecule has 0 aliphatic carbocycles. The van der Waals surface area contributed by atoms with Crippen LogP contribution in [0.15, 0.2) is 23.7 Å². The summed E-state index contributed by atoms with van der Waals surface area (Å²) in [4.78, 5) is 8.67. The second-order valence-corrected chi connectivity index (χ2v) is 6.18. The molecule has 1 aliphatic heterocycles. The lowest BCUT2D eigenvalue weighted by Gasteiger charge is -2.14. The van der Waals surface area contributed by atoms with Gasteiger partial charge in [0.25, 0.3) is 0 Å². The fourth-order valence-corrected chi connectivity index (χ4v) is 3.57. The summed E-state index contributed by atoms with van der Waals surface area (Å²) in [6.07, 6.45) is 3.35. The Morgan fingerprint density at radius 3 is 3.06 bits per heavy atom. The first-order valence-corrected chi connectivity index (χ1v) is 7.35. The first-order chi connectivity index (χ1) is 8.72. The van der Waals surface area contributed by atoms with Crippen LogP contribution in [0, 0.1) is 6.92 Å². The maximum absolute atomic E-state index is 4.66. The van der Waals surface area contributed by atoms with E-state index >= 15 is 0 Å². The van der Waals surface area contributed by atoms with E-state index in [1.165, 1.54) is 23.7 Å². The first kappa shape index (κ1) is 11.9. The Labute approximate surface area is 112 Å². The maximum atomic E-state index is 4.66. The number of thiophene rings is 1.